The van der Waals surface area contributed by atoms with Crippen LogP contribution in [-0.4, -0.2) is 55.0 Å². The molecule has 1 heterocycles. The molecular formula is C11H25N3O4S2. The van der Waals surface area contributed by atoms with E-state index in [1.807, 2.05) is 0 Å². The number of hydrogen-bond acceptors (Lipinski definition) is 5. The van der Waals surface area contributed by atoms with Gasteiger partial charge in [-0.3, -0.25) is 0 Å². The van der Waals surface area contributed by atoms with Gasteiger partial charge in [0.1, 0.15) is 0 Å². The molecule has 120 valence electrons. The van der Waals surface area contributed by atoms with Crippen LogP contribution in [0.25, 0.3) is 0 Å². The molecule has 0 amide bonds. The summed E-state index contributed by atoms with van der Waals surface area (Å²) in [7, 11) is -6.44. The van der Waals surface area contributed by atoms with Crippen LogP contribution < -0.4 is 14.8 Å². The van der Waals surface area contributed by atoms with Crippen molar-refractivity contribution in [3.05, 3.63) is 0 Å². The van der Waals surface area contributed by atoms with Crippen molar-refractivity contribution in [2.24, 2.45) is 5.92 Å². The van der Waals surface area contributed by atoms with E-state index in [9.17, 15) is 16.8 Å². The molecule has 0 unspecified atom stereocenters. The van der Waals surface area contributed by atoms with E-state index in [2.05, 4.69) is 14.8 Å². The van der Waals surface area contributed by atoms with Crippen LogP contribution in [-0.2, 0) is 20.0 Å². The second-order valence-corrected chi connectivity index (χ2v) is 8.97. The van der Waals surface area contributed by atoms with E-state index in [0.29, 0.717) is 18.8 Å². The predicted octanol–water partition coefficient (Wildman–Crippen LogP) is -0.765. The molecule has 0 atom stereocenters. The van der Waals surface area contributed by atoms with Crippen molar-refractivity contribution >= 4 is 20.0 Å². The molecule has 0 aliphatic carbocycles. The number of piperidine rings is 1. The van der Waals surface area contributed by atoms with E-state index in [0.717, 1.165) is 32.2 Å². The van der Waals surface area contributed by atoms with Gasteiger partial charge in [-0.2, -0.15) is 0 Å². The van der Waals surface area contributed by atoms with Gasteiger partial charge in [-0.1, -0.05) is 0 Å². The van der Waals surface area contributed by atoms with E-state index < -0.39 is 20.0 Å². The third kappa shape index (κ3) is 8.85. The minimum absolute atomic E-state index is 0.150. The van der Waals surface area contributed by atoms with Gasteiger partial charge in [-0.15, -0.1) is 0 Å². The summed E-state index contributed by atoms with van der Waals surface area (Å²) in [5.41, 5.74) is 0. The number of rotatable bonds is 9. The van der Waals surface area contributed by atoms with Crippen molar-refractivity contribution in [2.75, 3.05) is 38.2 Å². The summed E-state index contributed by atoms with van der Waals surface area (Å²) < 4.78 is 50.0. The van der Waals surface area contributed by atoms with E-state index in [1.54, 1.807) is 0 Å². The summed E-state index contributed by atoms with van der Waals surface area (Å²) in [5, 5.41) is 3.25. The summed E-state index contributed by atoms with van der Waals surface area (Å²) >= 11 is 0. The molecule has 0 saturated carbocycles. The zero-order valence-electron chi connectivity index (χ0n) is 11.9. The highest BCUT2D eigenvalue weighted by Gasteiger charge is 2.17. The zero-order valence-corrected chi connectivity index (χ0v) is 13.5. The number of nitrogens with one attached hydrogen (secondary N) is 3. The summed E-state index contributed by atoms with van der Waals surface area (Å²) in [5.74, 6) is 0.636. The van der Waals surface area contributed by atoms with Crippen LogP contribution in [0.1, 0.15) is 25.7 Å². The van der Waals surface area contributed by atoms with Gasteiger partial charge in [0.25, 0.3) is 0 Å². The molecule has 0 aromatic rings. The summed E-state index contributed by atoms with van der Waals surface area (Å²) in [6, 6.07) is 0. The normalized spacial score (nSPS) is 18.2. The lowest BCUT2D eigenvalue weighted by Crippen LogP contribution is -2.33. The smallest absolute Gasteiger partial charge is 0.211 e. The molecular weight excluding hydrogens is 302 g/mol. The van der Waals surface area contributed by atoms with Gasteiger partial charge in [-0.05, 0) is 44.7 Å². The third-order valence-electron chi connectivity index (χ3n) is 3.29. The average Bonchev–Trinajstić information content (AvgIpc) is 2.36. The van der Waals surface area contributed by atoms with Crippen molar-refractivity contribution in [1.29, 1.82) is 0 Å². The Morgan fingerprint density at radius 1 is 1.05 bits per heavy atom. The largest absolute Gasteiger partial charge is 0.317 e. The molecule has 1 rings (SSSR count). The monoisotopic (exact) mass is 327 g/mol. The van der Waals surface area contributed by atoms with Crippen LogP contribution in [0.15, 0.2) is 0 Å². The fraction of sp³-hybridized carbons (Fsp3) is 1.00. The lowest BCUT2D eigenvalue weighted by Gasteiger charge is -2.22. The maximum atomic E-state index is 11.8. The molecule has 1 aliphatic rings. The Balaban J connectivity index is 2.14. The van der Waals surface area contributed by atoms with E-state index in [-0.39, 0.29) is 18.8 Å². The highest BCUT2D eigenvalue weighted by molar-refractivity contribution is 7.89. The lowest BCUT2D eigenvalue weighted by molar-refractivity contribution is 0.365. The SMILES string of the molecule is CS(=O)(=O)NCCCNS(=O)(=O)CCC1CCNCC1. The molecule has 0 spiro atoms. The maximum Gasteiger partial charge on any atom is 0.211 e. The molecule has 1 saturated heterocycles. The van der Waals surface area contributed by atoms with Crippen LogP contribution >= 0.6 is 0 Å². The standard InChI is InChI=1S/C11H25N3O4S2/c1-19(15,16)13-6-2-7-14-20(17,18)10-5-11-3-8-12-9-4-11/h11-14H,2-10H2,1H3. The van der Waals surface area contributed by atoms with Crippen LogP contribution in [0.2, 0.25) is 0 Å². The second kappa shape index (κ2) is 8.28. The molecule has 9 heteroatoms. The fourth-order valence-electron chi connectivity index (χ4n) is 2.14. The minimum atomic E-state index is -3.24. The van der Waals surface area contributed by atoms with Crippen LogP contribution in [0.5, 0.6) is 0 Å². The molecule has 1 aliphatic heterocycles. The number of sulfonamides is 2. The van der Waals surface area contributed by atoms with Crippen molar-refractivity contribution in [3.63, 3.8) is 0 Å². The lowest BCUT2D eigenvalue weighted by atomic mass is 9.96. The van der Waals surface area contributed by atoms with Crippen molar-refractivity contribution < 1.29 is 16.8 Å². The Kier molecular flexibility index (Phi) is 7.38. The molecule has 0 radical (unpaired) electrons. The van der Waals surface area contributed by atoms with Gasteiger partial charge in [0.05, 0.1) is 12.0 Å². The Hall–Kier alpha value is -0.220. The van der Waals surface area contributed by atoms with Gasteiger partial charge in [-0.25, -0.2) is 26.3 Å². The summed E-state index contributed by atoms with van der Waals surface area (Å²) in [6.07, 6.45) is 4.29. The number of hydrogen-bond donors (Lipinski definition) is 3. The molecule has 3 N–H and O–H groups in total. The van der Waals surface area contributed by atoms with Crippen molar-refractivity contribution in [3.8, 4) is 0 Å². The first-order chi connectivity index (χ1) is 9.29. The van der Waals surface area contributed by atoms with Crippen LogP contribution in [0, 0.1) is 5.92 Å². The average molecular weight is 327 g/mol. The van der Waals surface area contributed by atoms with E-state index in [1.165, 1.54) is 0 Å². The Labute approximate surface area is 122 Å². The van der Waals surface area contributed by atoms with E-state index >= 15 is 0 Å². The first-order valence-electron chi connectivity index (χ1n) is 6.91. The van der Waals surface area contributed by atoms with E-state index in [4.69, 9.17) is 0 Å². The second-order valence-electron chi connectivity index (χ2n) is 5.22. The van der Waals surface area contributed by atoms with Gasteiger partial charge in [0.15, 0.2) is 0 Å². The molecule has 7 nitrogen and oxygen atoms in total. The Morgan fingerprint density at radius 3 is 2.25 bits per heavy atom. The highest BCUT2D eigenvalue weighted by Crippen LogP contribution is 2.16. The third-order valence-corrected chi connectivity index (χ3v) is 5.44. The topological polar surface area (TPSA) is 104 Å². The highest BCUT2D eigenvalue weighted by atomic mass is 32.2. The van der Waals surface area contributed by atoms with Crippen molar-refractivity contribution in [1.82, 2.24) is 14.8 Å². The molecule has 1 fully saturated rings. The predicted molar refractivity (Wildman–Crippen MR) is 79.5 cm³/mol. The zero-order chi connectivity index (χ0) is 15.1. The van der Waals surface area contributed by atoms with Crippen molar-refractivity contribution in [2.45, 2.75) is 25.7 Å². The first-order valence-corrected chi connectivity index (χ1v) is 10.5. The molecule has 20 heavy (non-hydrogen) atoms. The Bertz CT molecular complexity index is 470. The fourth-order valence-corrected chi connectivity index (χ4v) is 3.90. The summed E-state index contributed by atoms with van der Waals surface area (Å²) in [6.45, 7) is 2.44. The quantitative estimate of drug-likeness (QED) is 0.483. The first kappa shape index (κ1) is 17.8. The maximum absolute atomic E-state index is 11.8. The van der Waals surface area contributed by atoms with Gasteiger partial charge >= 0.3 is 0 Å². The van der Waals surface area contributed by atoms with Gasteiger partial charge in [0, 0.05) is 13.1 Å². The molecule has 0 aromatic heterocycles. The van der Waals surface area contributed by atoms with Gasteiger partial charge < -0.3 is 5.32 Å². The van der Waals surface area contributed by atoms with Gasteiger partial charge in [0.2, 0.25) is 20.0 Å². The minimum Gasteiger partial charge on any atom is -0.317 e. The molecule has 0 aromatic carbocycles. The Morgan fingerprint density at radius 2 is 1.65 bits per heavy atom. The van der Waals surface area contributed by atoms with Crippen LogP contribution in [0.3, 0.4) is 0 Å². The van der Waals surface area contributed by atoms with Crippen LogP contribution in [0.4, 0.5) is 0 Å². The summed E-state index contributed by atoms with van der Waals surface area (Å²) in [4.78, 5) is 0. The molecule has 0 bridgehead atoms.